The smallest absolute Gasteiger partial charge is 0.254 e. The predicted octanol–water partition coefficient (Wildman–Crippen LogP) is 1.82. The Morgan fingerprint density at radius 3 is 2.30 bits per heavy atom. The Kier molecular flexibility index (Phi) is 7.45. The van der Waals surface area contributed by atoms with E-state index in [4.69, 9.17) is 14.2 Å². The van der Waals surface area contributed by atoms with Crippen LogP contribution >= 0.6 is 12.4 Å². The van der Waals surface area contributed by atoms with Crippen LogP contribution in [0.3, 0.4) is 0 Å². The molecule has 1 amide bonds. The summed E-state index contributed by atoms with van der Waals surface area (Å²) >= 11 is 0. The predicted molar refractivity (Wildman–Crippen MR) is 91.3 cm³/mol. The molecule has 7 heteroatoms. The first-order valence-corrected chi connectivity index (χ1v) is 7.38. The van der Waals surface area contributed by atoms with Crippen molar-refractivity contribution >= 4 is 18.3 Å². The Bertz CT molecular complexity index is 514. The molecule has 1 aliphatic rings. The molecule has 1 fully saturated rings. The van der Waals surface area contributed by atoms with E-state index < -0.39 is 0 Å². The van der Waals surface area contributed by atoms with Crippen molar-refractivity contribution in [2.75, 3.05) is 48.0 Å². The van der Waals surface area contributed by atoms with E-state index in [2.05, 4.69) is 5.32 Å². The van der Waals surface area contributed by atoms with Crippen LogP contribution in [0.1, 0.15) is 16.8 Å². The first-order valence-electron chi connectivity index (χ1n) is 7.38. The molecule has 1 N–H and O–H groups in total. The molecule has 1 heterocycles. The Hall–Kier alpha value is -1.66. The second-order valence-electron chi connectivity index (χ2n) is 5.38. The zero-order valence-corrected chi connectivity index (χ0v) is 14.9. The van der Waals surface area contributed by atoms with Gasteiger partial charge in [0.1, 0.15) is 0 Å². The lowest BCUT2D eigenvalue weighted by atomic mass is 10.1. The van der Waals surface area contributed by atoms with E-state index in [-0.39, 0.29) is 18.3 Å². The number of methoxy groups -OCH3 is 3. The molecule has 1 aromatic rings. The second-order valence-corrected chi connectivity index (χ2v) is 5.38. The molecule has 0 aromatic heterocycles. The molecule has 1 aromatic carbocycles. The molecule has 23 heavy (non-hydrogen) atoms. The standard InChI is InChI=1S/C16H24N2O4.ClH/c1-17-9-11-5-6-18(10-11)16(19)12-7-13(20-2)15(22-4)14(8-12)21-3;/h7-8,11,17H,5-6,9-10H2,1-4H3;1H. The van der Waals surface area contributed by atoms with E-state index in [1.165, 1.54) is 0 Å². The van der Waals surface area contributed by atoms with Crippen LogP contribution in [-0.4, -0.2) is 58.8 Å². The first-order chi connectivity index (χ1) is 10.6. The van der Waals surface area contributed by atoms with Crippen LogP contribution in [0.25, 0.3) is 0 Å². The Balaban J connectivity index is 0.00000264. The summed E-state index contributed by atoms with van der Waals surface area (Å²) in [6.45, 7) is 2.48. The van der Waals surface area contributed by atoms with Crippen molar-refractivity contribution in [3.63, 3.8) is 0 Å². The molecule has 0 aliphatic carbocycles. The van der Waals surface area contributed by atoms with E-state index in [0.29, 0.717) is 28.7 Å². The lowest BCUT2D eigenvalue weighted by Gasteiger charge is -2.19. The molecule has 2 rings (SSSR count). The summed E-state index contributed by atoms with van der Waals surface area (Å²) in [5.74, 6) is 2.00. The zero-order valence-electron chi connectivity index (χ0n) is 14.0. The molecular weight excluding hydrogens is 320 g/mol. The van der Waals surface area contributed by atoms with Crippen LogP contribution in [-0.2, 0) is 0 Å². The van der Waals surface area contributed by atoms with E-state index in [1.807, 2.05) is 11.9 Å². The monoisotopic (exact) mass is 344 g/mol. The number of likely N-dealkylation sites (tertiary alicyclic amines) is 1. The van der Waals surface area contributed by atoms with Gasteiger partial charge in [0.2, 0.25) is 5.75 Å². The minimum Gasteiger partial charge on any atom is -0.493 e. The van der Waals surface area contributed by atoms with Crippen molar-refractivity contribution in [3.8, 4) is 17.2 Å². The van der Waals surface area contributed by atoms with Gasteiger partial charge in [-0.2, -0.15) is 0 Å². The number of carbonyl (C=O) groups is 1. The maximum atomic E-state index is 12.7. The average molecular weight is 345 g/mol. The number of benzene rings is 1. The summed E-state index contributed by atoms with van der Waals surface area (Å²) in [6, 6.07) is 3.41. The van der Waals surface area contributed by atoms with Gasteiger partial charge in [-0.1, -0.05) is 0 Å². The summed E-state index contributed by atoms with van der Waals surface area (Å²) in [5, 5.41) is 3.17. The normalized spacial score (nSPS) is 16.7. The average Bonchev–Trinajstić information content (AvgIpc) is 3.01. The third-order valence-electron chi connectivity index (χ3n) is 3.98. The van der Waals surface area contributed by atoms with Gasteiger partial charge in [0, 0.05) is 18.7 Å². The van der Waals surface area contributed by atoms with Crippen molar-refractivity contribution in [1.29, 1.82) is 0 Å². The van der Waals surface area contributed by atoms with Crippen LogP contribution in [0, 0.1) is 5.92 Å². The van der Waals surface area contributed by atoms with E-state index in [0.717, 1.165) is 26.1 Å². The molecular formula is C16H25ClN2O4. The van der Waals surface area contributed by atoms with Gasteiger partial charge in [0.15, 0.2) is 11.5 Å². The topological polar surface area (TPSA) is 60.0 Å². The molecule has 130 valence electrons. The Morgan fingerprint density at radius 2 is 1.83 bits per heavy atom. The van der Waals surface area contributed by atoms with Crippen LogP contribution in [0.15, 0.2) is 12.1 Å². The summed E-state index contributed by atoms with van der Waals surface area (Å²) in [7, 11) is 6.57. The molecule has 6 nitrogen and oxygen atoms in total. The van der Waals surface area contributed by atoms with Gasteiger partial charge in [0.05, 0.1) is 21.3 Å². The van der Waals surface area contributed by atoms with E-state index in [1.54, 1.807) is 33.5 Å². The fraction of sp³-hybridized carbons (Fsp3) is 0.562. The fourth-order valence-electron chi connectivity index (χ4n) is 2.86. The van der Waals surface area contributed by atoms with E-state index in [9.17, 15) is 4.79 Å². The summed E-state index contributed by atoms with van der Waals surface area (Å²) in [4.78, 5) is 14.6. The van der Waals surface area contributed by atoms with Crippen molar-refractivity contribution in [2.24, 2.45) is 5.92 Å². The molecule has 1 unspecified atom stereocenters. The Labute approximate surface area is 143 Å². The third kappa shape index (κ3) is 4.20. The first kappa shape index (κ1) is 19.4. The molecule has 1 aliphatic heterocycles. The lowest BCUT2D eigenvalue weighted by molar-refractivity contribution is 0.0786. The zero-order chi connectivity index (χ0) is 16.1. The van der Waals surface area contributed by atoms with Gasteiger partial charge in [0.25, 0.3) is 5.91 Å². The molecule has 0 radical (unpaired) electrons. The minimum absolute atomic E-state index is 0. The van der Waals surface area contributed by atoms with Gasteiger partial charge >= 0.3 is 0 Å². The second kappa shape index (κ2) is 8.84. The fourth-order valence-corrected chi connectivity index (χ4v) is 2.86. The number of ether oxygens (including phenoxy) is 3. The minimum atomic E-state index is -0.00199. The van der Waals surface area contributed by atoms with Gasteiger partial charge in [-0.05, 0) is 38.1 Å². The van der Waals surface area contributed by atoms with Gasteiger partial charge in [-0.3, -0.25) is 4.79 Å². The van der Waals surface area contributed by atoms with Crippen molar-refractivity contribution in [3.05, 3.63) is 17.7 Å². The highest BCUT2D eigenvalue weighted by molar-refractivity contribution is 5.95. The quantitative estimate of drug-likeness (QED) is 0.853. The SMILES string of the molecule is CNCC1CCN(C(=O)c2cc(OC)c(OC)c(OC)c2)C1.Cl. The summed E-state index contributed by atoms with van der Waals surface area (Å²) < 4.78 is 15.9. The van der Waals surface area contributed by atoms with Crippen LogP contribution in [0.4, 0.5) is 0 Å². The number of rotatable bonds is 6. The van der Waals surface area contributed by atoms with E-state index >= 15 is 0 Å². The number of nitrogens with zero attached hydrogens (tertiary/aromatic N) is 1. The van der Waals surface area contributed by atoms with Gasteiger partial charge in [-0.25, -0.2) is 0 Å². The number of carbonyl (C=O) groups excluding carboxylic acids is 1. The molecule has 0 bridgehead atoms. The highest BCUT2D eigenvalue weighted by atomic mass is 35.5. The Morgan fingerprint density at radius 1 is 1.22 bits per heavy atom. The van der Waals surface area contributed by atoms with Gasteiger partial charge in [-0.15, -0.1) is 12.4 Å². The third-order valence-corrected chi connectivity index (χ3v) is 3.98. The molecule has 0 spiro atoms. The lowest BCUT2D eigenvalue weighted by Crippen LogP contribution is -2.30. The van der Waals surface area contributed by atoms with Crippen LogP contribution in [0.2, 0.25) is 0 Å². The van der Waals surface area contributed by atoms with Crippen LogP contribution in [0.5, 0.6) is 17.2 Å². The van der Waals surface area contributed by atoms with Crippen LogP contribution < -0.4 is 19.5 Å². The number of amides is 1. The molecule has 1 atom stereocenters. The number of halogens is 1. The van der Waals surface area contributed by atoms with Crippen molar-refractivity contribution < 1.29 is 19.0 Å². The number of nitrogens with one attached hydrogen (secondary N) is 1. The summed E-state index contributed by atoms with van der Waals surface area (Å²) in [6.07, 6.45) is 1.02. The highest BCUT2D eigenvalue weighted by Gasteiger charge is 2.28. The molecule has 0 saturated carbocycles. The van der Waals surface area contributed by atoms with Gasteiger partial charge < -0.3 is 24.4 Å². The maximum absolute atomic E-state index is 12.7. The largest absolute Gasteiger partial charge is 0.493 e. The highest BCUT2D eigenvalue weighted by Crippen LogP contribution is 2.38. The molecule has 1 saturated heterocycles. The number of hydrogen-bond donors (Lipinski definition) is 1. The maximum Gasteiger partial charge on any atom is 0.254 e. The number of hydrogen-bond acceptors (Lipinski definition) is 5. The summed E-state index contributed by atoms with van der Waals surface area (Å²) in [5.41, 5.74) is 0.555. The van der Waals surface area contributed by atoms with Crippen molar-refractivity contribution in [2.45, 2.75) is 6.42 Å². The van der Waals surface area contributed by atoms with Crippen molar-refractivity contribution in [1.82, 2.24) is 10.2 Å².